The maximum absolute atomic E-state index is 10.2. The van der Waals surface area contributed by atoms with Crippen LogP contribution in [0.3, 0.4) is 0 Å². The van der Waals surface area contributed by atoms with Gasteiger partial charge in [-0.2, -0.15) is 0 Å². The van der Waals surface area contributed by atoms with E-state index in [4.69, 9.17) is 9.47 Å². The highest BCUT2D eigenvalue weighted by Crippen LogP contribution is 2.17. The molecule has 4 nitrogen and oxygen atoms in total. The second kappa shape index (κ2) is 7.95. The lowest BCUT2D eigenvalue weighted by molar-refractivity contribution is -0.0772. The number of morpholine rings is 1. The van der Waals surface area contributed by atoms with E-state index in [1.54, 1.807) is 0 Å². The minimum atomic E-state index is -0.357. The van der Waals surface area contributed by atoms with Gasteiger partial charge in [0.1, 0.15) is 5.75 Å². The summed E-state index contributed by atoms with van der Waals surface area (Å²) in [4.78, 5) is 2.28. The number of aliphatic hydroxyl groups excluding tert-OH is 1. The average molecular weight is 307 g/mol. The molecule has 0 aromatic heterocycles. The molecule has 0 unspecified atom stereocenters. The monoisotopic (exact) mass is 307 g/mol. The van der Waals surface area contributed by atoms with Crippen LogP contribution in [0.5, 0.6) is 5.75 Å². The van der Waals surface area contributed by atoms with Crippen LogP contribution in [0.15, 0.2) is 18.2 Å². The number of aryl methyl sites for hydroxylation is 2. The largest absolute Gasteiger partial charge is 0.493 e. The molecule has 3 atom stereocenters. The first kappa shape index (κ1) is 17.3. The molecule has 124 valence electrons. The molecule has 4 heteroatoms. The topological polar surface area (TPSA) is 41.9 Å². The average Bonchev–Trinajstić information content (AvgIpc) is 2.41. The van der Waals surface area contributed by atoms with Gasteiger partial charge in [-0.25, -0.2) is 0 Å². The van der Waals surface area contributed by atoms with E-state index in [9.17, 15) is 5.11 Å². The van der Waals surface area contributed by atoms with Gasteiger partial charge in [0.2, 0.25) is 0 Å². The zero-order valence-corrected chi connectivity index (χ0v) is 14.2. The normalized spacial score (nSPS) is 24.2. The van der Waals surface area contributed by atoms with Crippen LogP contribution in [0.4, 0.5) is 0 Å². The second-order valence-corrected chi connectivity index (χ2v) is 6.51. The predicted octanol–water partition coefficient (Wildman–Crippen LogP) is 2.54. The summed E-state index contributed by atoms with van der Waals surface area (Å²) in [6, 6.07) is 6.10. The molecule has 1 saturated heterocycles. The van der Waals surface area contributed by atoms with Crippen molar-refractivity contribution >= 4 is 0 Å². The van der Waals surface area contributed by atoms with Gasteiger partial charge in [0, 0.05) is 26.1 Å². The Hall–Kier alpha value is -1.10. The Morgan fingerprint density at radius 2 is 1.91 bits per heavy atom. The lowest BCUT2D eigenvalue weighted by Gasteiger charge is -2.36. The van der Waals surface area contributed by atoms with Crippen molar-refractivity contribution in [3.63, 3.8) is 0 Å². The first-order chi connectivity index (χ1) is 10.4. The summed E-state index contributed by atoms with van der Waals surface area (Å²) in [6.45, 7) is 11.3. The summed E-state index contributed by atoms with van der Waals surface area (Å²) in [6.07, 6.45) is 0.766. The van der Waals surface area contributed by atoms with Crippen LogP contribution >= 0.6 is 0 Å². The van der Waals surface area contributed by atoms with Gasteiger partial charge in [-0.15, -0.1) is 0 Å². The number of rotatable bonds is 6. The molecule has 0 spiro atoms. The van der Waals surface area contributed by atoms with Crippen molar-refractivity contribution in [2.75, 3.05) is 26.2 Å². The van der Waals surface area contributed by atoms with Crippen LogP contribution in [0.2, 0.25) is 0 Å². The van der Waals surface area contributed by atoms with Gasteiger partial charge in [-0.05, 0) is 51.0 Å². The first-order valence-corrected chi connectivity index (χ1v) is 8.20. The van der Waals surface area contributed by atoms with Gasteiger partial charge in [-0.3, -0.25) is 4.90 Å². The number of benzene rings is 1. The Labute approximate surface area is 134 Å². The van der Waals surface area contributed by atoms with E-state index in [0.717, 1.165) is 18.8 Å². The molecule has 1 aliphatic rings. The third-order valence-electron chi connectivity index (χ3n) is 4.16. The molecule has 1 aromatic carbocycles. The van der Waals surface area contributed by atoms with E-state index < -0.39 is 0 Å². The van der Waals surface area contributed by atoms with Crippen molar-refractivity contribution in [3.05, 3.63) is 29.3 Å². The third kappa shape index (κ3) is 5.27. The van der Waals surface area contributed by atoms with Crippen LogP contribution in [0, 0.1) is 13.8 Å². The number of hydrogen-bond acceptors (Lipinski definition) is 4. The van der Waals surface area contributed by atoms with Crippen LogP contribution < -0.4 is 4.74 Å². The lowest BCUT2D eigenvalue weighted by atomic mass is 10.1. The van der Waals surface area contributed by atoms with E-state index in [2.05, 4.69) is 38.7 Å². The number of nitrogens with zero attached hydrogens (tertiary/aromatic N) is 1. The smallest absolute Gasteiger partial charge is 0.119 e. The predicted molar refractivity (Wildman–Crippen MR) is 88.5 cm³/mol. The molecule has 0 saturated carbocycles. The van der Waals surface area contributed by atoms with Crippen LogP contribution in [-0.2, 0) is 4.74 Å². The quantitative estimate of drug-likeness (QED) is 0.877. The van der Waals surface area contributed by atoms with Gasteiger partial charge in [0.15, 0.2) is 0 Å². The number of aliphatic hydroxyl groups is 1. The fourth-order valence-electron chi connectivity index (χ4n) is 2.94. The van der Waals surface area contributed by atoms with Gasteiger partial charge < -0.3 is 14.6 Å². The Bertz CT molecular complexity index is 467. The highest BCUT2D eigenvalue weighted by molar-refractivity contribution is 5.33. The molecule has 1 aliphatic heterocycles. The fraction of sp³-hybridized carbons (Fsp3) is 0.667. The van der Waals surface area contributed by atoms with Crippen LogP contribution in [0.25, 0.3) is 0 Å². The summed E-state index contributed by atoms with van der Waals surface area (Å²) in [5.74, 6) is 0.879. The Kier molecular flexibility index (Phi) is 6.24. The SMILES string of the molecule is Cc1ccc(OCC[C@@H](O)CN2C[C@@H](C)O[C@H](C)C2)cc1C. The fourth-order valence-corrected chi connectivity index (χ4v) is 2.94. The van der Waals surface area contributed by atoms with Crippen LogP contribution in [0.1, 0.15) is 31.4 Å². The molecule has 0 radical (unpaired) electrons. The molecule has 1 N–H and O–H groups in total. The zero-order chi connectivity index (χ0) is 16.1. The highest BCUT2D eigenvalue weighted by Gasteiger charge is 2.23. The van der Waals surface area contributed by atoms with E-state index in [0.29, 0.717) is 19.6 Å². The molecule has 1 aromatic rings. The number of ether oxygens (including phenoxy) is 2. The van der Waals surface area contributed by atoms with Crippen molar-refractivity contribution in [1.82, 2.24) is 4.90 Å². The van der Waals surface area contributed by atoms with E-state index in [1.807, 2.05) is 12.1 Å². The Morgan fingerprint density at radius 1 is 1.23 bits per heavy atom. The van der Waals surface area contributed by atoms with Gasteiger partial charge >= 0.3 is 0 Å². The third-order valence-corrected chi connectivity index (χ3v) is 4.16. The lowest BCUT2D eigenvalue weighted by Crippen LogP contribution is -2.48. The van der Waals surface area contributed by atoms with Crippen molar-refractivity contribution in [1.29, 1.82) is 0 Å². The highest BCUT2D eigenvalue weighted by atomic mass is 16.5. The molecule has 0 aliphatic carbocycles. The minimum Gasteiger partial charge on any atom is -0.493 e. The maximum atomic E-state index is 10.2. The maximum Gasteiger partial charge on any atom is 0.119 e. The summed E-state index contributed by atoms with van der Waals surface area (Å²) in [5, 5.41) is 10.2. The molecular weight excluding hydrogens is 278 g/mol. The molecule has 1 fully saturated rings. The zero-order valence-electron chi connectivity index (χ0n) is 14.2. The number of β-amino-alcohol motifs (C(OH)–C–C–N with tert-alkyl or cyclic N) is 1. The van der Waals surface area contributed by atoms with Crippen molar-refractivity contribution in [2.45, 2.75) is 52.4 Å². The van der Waals surface area contributed by atoms with Crippen molar-refractivity contribution in [2.24, 2.45) is 0 Å². The number of hydrogen-bond donors (Lipinski definition) is 1. The molecule has 22 heavy (non-hydrogen) atoms. The van der Waals surface area contributed by atoms with E-state index >= 15 is 0 Å². The van der Waals surface area contributed by atoms with Gasteiger partial charge in [-0.1, -0.05) is 6.07 Å². The van der Waals surface area contributed by atoms with Crippen molar-refractivity contribution < 1.29 is 14.6 Å². The summed E-state index contributed by atoms with van der Waals surface area (Å²) < 4.78 is 11.5. The van der Waals surface area contributed by atoms with Gasteiger partial charge in [0.05, 0.1) is 24.9 Å². The summed E-state index contributed by atoms with van der Waals surface area (Å²) in [7, 11) is 0. The van der Waals surface area contributed by atoms with E-state index in [-0.39, 0.29) is 18.3 Å². The molecule has 0 bridgehead atoms. The molecular formula is C18H29NO3. The summed E-state index contributed by atoms with van der Waals surface area (Å²) >= 11 is 0. The summed E-state index contributed by atoms with van der Waals surface area (Å²) in [5.41, 5.74) is 2.50. The van der Waals surface area contributed by atoms with Gasteiger partial charge in [0.25, 0.3) is 0 Å². The first-order valence-electron chi connectivity index (χ1n) is 8.20. The molecule has 2 rings (SSSR count). The minimum absolute atomic E-state index is 0.239. The molecule has 0 amide bonds. The second-order valence-electron chi connectivity index (χ2n) is 6.51. The Balaban J connectivity index is 1.71. The standard InChI is InChI=1S/C18H29NO3/c1-13-5-6-18(9-14(13)2)21-8-7-17(20)12-19-10-15(3)22-16(4)11-19/h5-6,9,15-17,20H,7-8,10-12H2,1-4H3/t15-,16-,17-/m1/s1. The van der Waals surface area contributed by atoms with Crippen molar-refractivity contribution in [3.8, 4) is 5.75 Å². The van der Waals surface area contributed by atoms with Crippen LogP contribution in [-0.4, -0.2) is 54.6 Å². The molecule has 1 heterocycles. The Morgan fingerprint density at radius 3 is 2.55 bits per heavy atom. The van der Waals surface area contributed by atoms with E-state index in [1.165, 1.54) is 11.1 Å².